The number of nitrogens with two attached hydrogens (primary N) is 1. The van der Waals surface area contributed by atoms with E-state index in [1.165, 1.54) is 13.0 Å². The maximum Gasteiger partial charge on any atom is 0.325 e. The second kappa shape index (κ2) is 6.65. The Bertz CT molecular complexity index is 477. The fraction of sp³-hybridized carbons (Fsp3) is 0.500. The van der Waals surface area contributed by atoms with Gasteiger partial charge in [-0.1, -0.05) is 0 Å². The minimum Gasteiger partial charge on any atom is -0.488 e. The van der Waals surface area contributed by atoms with Crippen LogP contribution in [0.5, 0.6) is 5.75 Å². The van der Waals surface area contributed by atoms with Crippen LogP contribution in [0.3, 0.4) is 0 Å². The van der Waals surface area contributed by atoms with Gasteiger partial charge in [0.05, 0.1) is 12.7 Å². The van der Waals surface area contributed by atoms with Crippen LogP contribution in [0.4, 0.5) is 8.78 Å². The van der Waals surface area contributed by atoms with Gasteiger partial charge in [0.15, 0.2) is 11.6 Å². The maximum atomic E-state index is 13.4. The van der Waals surface area contributed by atoms with Gasteiger partial charge in [-0.2, -0.15) is 0 Å². The quantitative estimate of drug-likeness (QED) is 0.816. The van der Waals surface area contributed by atoms with E-state index in [0.717, 1.165) is 12.1 Å². The topological polar surface area (TPSA) is 61.5 Å². The molecule has 2 unspecified atom stereocenters. The molecule has 0 saturated heterocycles. The van der Waals surface area contributed by atoms with Crippen LogP contribution >= 0.6 is 0 Å². The molecular weight excluding hydrogens is 268 g/mol. The molecule has 2 N–H and O–H groups in total. The number of carbonyl (C=O) groups is 1. The highest BCUT2D eigenvalue weighted by molar-refractivity contribution is 5.80. The molecular formula is C14H19F2NO3. The first-order valence-corrected chi connectivity index (χ1v) is 6.34. The molecule has 0 fully saturated rings. The highest BCUT2D eigenvalue weighted by atomic mass is 19.1. The summed E-state index contributed by atoms with van der Waals surface area (Å²) in [5, 5.41) is 0. The van der Waals surface area contributed by atoms with Gasteiger partial charge < -0.3 is 15.2 Å². The van der Waals surface area contributed by atoms with Crippen molar-refractivity contribution in [1.82, 2.24) is 0 Å². The molecule has 0 bridgehead atoms. The van der Waals surface area contributed by atoms with Crippen molar-refractivity contribution in [1.29, 1.82) is 0 Å². The Morgan fingerprint density at radius 3 is 2.65 bits per heavy atom. The monoisotopic (exact) mass is 287 g/mol. The molecule has 0 spiro atoms. The SMILES string of the molecule is CCOC(=O)C(C)(N)CC(C)Oc1ccc(F)cc1F. The Morgan fingerprint density at radius 1 is 1.45 bits per heavy atom. The van der Waals surface area contributed by atoms with Crippen LogP contribution in [0.2, 0.25) is 0 Å². The van der Waals surface area contributed by atoms with Crippen LogP contribution < -0.4 is 10.5 Å². The molecule has 2 atom stereocenters. The lowest BCUT2D eigenvalue weighted by molar-refractivity contribution is -0.149. The van der Waals surface area contributed by atoms with E-state index in [2.05, 4.69) is 0 Å². The molecule has 0 heterocycles. The van der Waals surface area contributed by atoms with E-state index < -0.39 is 29.2 Å². The number of esters is 1. The van der Waals surface area contributed by atoms with E-state index in [4.69, 9.17) is 15.2 Å². The second-order valence-corrected chi connectivity index (χ2v) is 4.85. The van der Waals surface area contributed by atoms with Crippen LogP contribution in [-0.2, 0) is 9.53 Å². The number of hydrogen-bond donors (Lipinski definition) is 1. The fourth-order valence-corrected chi connectivity index (χ4v) is 1.81. The van der Waals surface area contributed by atoms with Gasteiger partial charge in [0.2, 0.25) is 0 Å². The Labute approximate surface area is 116 Å². The van der Waals surface area contributed by atoms with E-state index in [9.17, 15) is 13.6 Å². The van der Waals surface area contributed by atoms with Crippen LogP contribution in [0, 0.1) is 11.6 Å². The molecule has 1 aromatic rings. The van der Waals surface area contributed by atoms with Crippen molar-refractivity contribution in [3.63, 3.8) is 0 Å². The summed E-state index contributed by atoms with van der Waals surface area (Å²) >= 11 is 0. The van der Waals surface area contributed by atoms with Crippen LogP contribution in [0.15, 0.2) is 18.2 Å². The Morgan fingerprint density at radius 2 is 2.10 bits per heavy atom. The summed E-state index contributed by atoms with van der Waals surface area (Å²) in [6, 6.07) is 3.02. The molecule has 112 valence electrons. The highest BCUT2D eigenvalue weighted by Gasteiger charge is 2.32. The standard InChI is InChI=1S/C14H19F2NO3/c1-4-19-13(18)14(3,17)8-9(2)20-12-6-5-10(15)7-11(12)16/h5-7,9H,4,8,17H2,1-3H3. The first-order chi connectivity index (χ1) is 9.26. The number of benzene rings is 1. The Kier molecular flexibility index (Phi) is 5.44. The summed E-state index contributed by atoms with van der Waals surface area (Å²) in [5.41, 5.74) is 4.62. The molecule has 0 aliphatic carbocycles. The summed E-state index contributed by atoms with van der Waals surface area (Å²) in [6.07, 6.45) is -0.391. The zero-order valence-corrected chi connectivity index (χ0v) is 11.8. The third-order valence-corrected chi connectivity index (χ3v) is 2.68. The van der Waals surface area contributed by atoms with Crippen molar-refractivity contribution >= 4 is 5.97 Å². The van der Waals surface area contributed by atoms with Gasteiger partial charge in [-0.05, 0) is 32.9 Å². The zero-order chi connectivity index (χ0) is 15.3. The lowest BCUT2D eigenvalue weighted by Crippen LogP contribution is -2.49. The van der Waals surface area contributed by atoms with Crippen LogP contribution in [-0.4, -0.2) is 24.2 Å². The van der Waals surface area contributed by atoms with E-state index >= 15 is 0 Å². The average Bonchev–Trinajstić information content (AvgIpc) is 2.32. The molecule has 4 nitrogen and oxygen atoms in total. The Balaban J connectivity index is 2.67. The van der Waals surface area contributed by atoms with Gasteiger partial charge >= 0.3 is 5.97 Å². The third kappa shape index (κ3) is 4.45. The summed E-state index contributed by atoms with van der Waals surface area (Å²) in [5.74, 6) is -2.11. The van der Waals surface area contributed by atoms with Gasteiger partial charge in [0.25, 0.3) is 0 Å². The molecule has 0 amide bonds. The minimum atomic E-state index is -1.23. The second-order valence-electron chi connectivity index (χ2n) is 4.85. The Hall–Kier alpha value is -1.69. The molecule has 6 heteroatoms. The predicted octanol–water partition coefficient (Wildman–Crippen LogP) is 2.40. The van der Waals surface area contributed by atoms with Crippen LogP contribution in [0.1, 0.15) is 27.2 Å². The van der Waals surface area contributed by atoms with Gasteiger partial charge in [-0.3, -0.25) is 4.79 Å². The number of carbonyl (C=O) groups excluding carboxylic acids is 1. The molecule has 20 heavy (non-hydrogen) atoms. The normalized spacial score (nSPS) is 15.3. The number of halogens is 2. The fourth-order valence-electron chi connectivity index (χ4n) is 1.81. The number of rotatable bonds is 6. The van der Waals surface area contributed by atoms with Gasteiger partial charge in [0, 0.05) is 12.5 Å². The molecule has 0 aromatic heterocycles. The van der Waals surface area contributed by atoms with Gasteiger partial charge in [-0.25, -0.2) is 8.78 Å². The largest absolute Gasteiger partial charge is 0.488 e. The molecule has 0 radical (unpaired) electrons. The van der Waals surface area contributed by atoms with Gasteiger partial charge in [0.1, 0.15) is 11.4 Å². The van der Waals surface area contributed by atoms with E-state index in [0.29, 0.717) is 0 Å². The smallest absolute Gasteiger partial charge is 0.325 e. The number of hydrogen-bond acceptors (Lipinski definition) is 4. The van der Waals surface area contributed by atoms with Crippen molar-refractivity contribution in [3.8, 4) is 5.75 Å². The van der Waals surface area contributed by atoms with Crippen molar-refractivity contribution in [2.75, 3.05) is 6.61 Å². The molecule has 0 aliphatic rings. The molecule has 0 saturated carbocycles. The summed E-state index contributed by atoms with van der Waals surface area (Å²) in [6.45, 7) is 5.08. The van der Waals surface area contributed by atoms with Crippen LogP contribution in [0.25, 0.3) is 0 Å². The molecule has 0 aliphatic heterocycles. The first kappa shape index (κ1) is 16.4. The summed E-state index contributed by atoms with van der Waals surface area (Å²) in [4.78, 5) is 11.6. The lowest BCUT2D eigenvalue weighted by atomic mass is 9.96. The molecule has 1 aromatic carbocycles. The minimum absolute atomic E-state index is 0.0847. The zero-order valence-electron chi connectivity index (χ0n) is 11.8. The number of ether oxygens (including phenoxy) is 2. The van der Waals surface area contributed by atoms with E-state index in [1.807, 2.05) is 0 Å². The average molecular weight is 287 g/mol. The van der Waals surface area contributed by atoms with Crippen molar-refractivity contribution < 1.29 is 23.0 Å². The van der Waals surface area contributed by atoms with Gasteiger partial charge in [-0.15, -0.1) is 0 Å². The summed E-state index contributed by atoms with van der Waals surface area (Å²) in [7, 11) is 0. The van der Waals surface area contributed by atoms with Crippen molar-refractivity contribution in [2.24, 2.45) is 5.73 Å². The van der Waals surface area contributed by atoms with Crippen molar-refractivity contribution in [2.45, 2.75) is 38.8 Å². The highest BCUT2D eigenvalue weighted by Crippen LogP contribution is 2.22. The van der Waals surface area contributed by atoms with Crippen molar-refractivity contribution in [3.05, 3.63) is 29.8 Å². The predicted molar refractivity (Wildman–Crippen MR) is 70.3 cm³/mol. The lowest BCUT2D eigenvalue weighted by Gasteiger charge is -2.26. The third-order valence-electron chi connectivity index (χ3n) is 2.68. The van der Waals surface area contributed by atoms with E-state index in [-0.39, 0.29) is 18.8 Å². The van der Waals surface area contributed by atoms with E-state index in [1.54, 1.807) is 13.8 Å². The first-order valence-electron chi connectivity index (χ1n) is 6.34. The maximum absolute atomic E-state index is 13.4. The molecule has 1 rings (SSSR count). The summed E-state index contributed by atoms with van der Waals surface area (Å²) < 4.78 is 36.4.